The number of fused-ring (bicyclic) bond motifs is 1. The van der Waals surface area contributed by atoms with E-state index in [1.165, 1.54) is 13.0 Å². The summed E-state index contributed by atoms with van der Waals surface area (Å²) in [6.45, 7) is 1.28. The van der Waals surface area contributed by atoms with E-state index in [4.69, 9.17) is 0 Å². The Balaban J connectivity index is 2.37. The van der Waals surface area contributed by atoms with Gasteiger partial charge in [-0.2, -0.15) is 0 Å². The third-order valence-corrected chi connectivity index (χ3v) is 2.36. The van der Waals surface area contributed by atoms with Crippen LogP contribution in [0.25, 0.3) is 5.57 Å². The number of halogens is 3. The van der Waals surface area contributed by atoms with Gasteiger partial charge in [-0.25, -0.2) is 0 Å². The van der Waals surface area contributed by atoms with Crippen LogP contribution in [0.1, 0.15) is 12.5 Å². The Hall–Kier alpha value is -2.31. The number of amides is 1. The third-order valence-electron chi connectivity index (χ3n) is 2.36. The van der Waals surface area contributed by atoms with Gasteiger partial charge in [0.25, 0.3) is 5.91 Å². The number of ether oxygens (including phenoxy) is 1. The topological polar surface area (TPSA) is 55.4 Å². The first-order valence-corrected chi connectivity index (χ1v) is 5.20. The molecule has 1 aliphatic rings. The second kappa shape index (κ2) is 4.42. The van der Waals surface area contributed by atoms with E-state index < -0.39 is 18.0 Å². The molecule has 0 fully saturated rings. The van der Waals surface area contributed by atoms with Crippen LogP contribution in [-0.2, 0) is 9.59 Å². The predicted octanol–water partition coefficient (Wildman–Crippen LogP) is 2.51. The zero-order chi connectivity index (χ0) is 14.2. The summed E-state index contributed by atoms with van der Waals surface area (Å²) in [5.74, 6) is -1.29. The van der Waals surface area contributed by atoms with E-state index in [1.807, 2.05) is 0 Å². The third kappa shape index (κ3) is 2.93. The van der Waals surface area contributed by atoms with Gasteiger partial charge in [0.05, 0.1) is 11.3 Å². The van der Waals surface area contributed by atoms with Crippen molar-refractivity contribution >= 4 is 23.0 Å². The Kier molecular flexibility index (Phi) is 3.05. The van der Waals surface area contributed by atoms with Crippen molar-refractivity contribution in [3.05, 3.63) is 29.8 Å². The lowest BCUT2D eigenvalue weighted by Gasteiger charge is -2.09. The number of nitrogens with one attached hydrogen (secondary N) is 1. The van der Waals surface area contributed by atoms with Crippen molar-refractivity contribution in [1.82, 2.24) is 0 Å². The fraction of sp³-hybridized carbons (Fsp3) is 0.167. The minimum atomic E-state index is -4.80. The standard InChI is InChI=1S/C12H8F3NO3/c1-6(17)4-9-8-3-2-7(19-12(13,14)15)5-10(8)16-11(9)18/h2-5H,1H3,(H,16,18)/b9-4+. The van der Waals surface area contributed by atoms with E-state index in [2.05, 4.69) is 10.1 Å². The number of carbonyl (C=O) groups excluding carboxylic acids is 2. The summed E-state index contributed by atoms with van der Waals surface area (Å²) >= 11 is 0. The molecular formula is C12H8F3NO3. The summed E-state index contributed by atoms with van der Waals surface area (Å²) in [4.78, 5) is 22.5. The van der Waals surface area contributed by atoms with Crippen LogP contribution < -0.4 is 10.1 Å². The lowest BCUT2D eigenvalue weighted by Crippen LogP contribution is -2.17. The van der Waals surface area contributed by atoms with Gasteiger partial charge >= 0.3 is 6.36 Å². The first kappa shape index (κ1) is 13.1. The minimum Gasteiger partial charge on any atom is -0.406 e. The Morgan fingerprint density at radius 2 is 2.05 bits per heavy atom. The van der Waals surface area contributed by atoms with Crippen LogP contribution in [0.2, 0.25) is 0 Å². The van der Waals surface area contributed by atoms with Crippen molar-refractivity contribution in [1.29, 1.82) is 0 Å². The lowest BCUT2D eigenvalue weighted by atomic mass is 10.1. The number of alkyl halides is 3. The molecular weight excluding hydrogens is 263 g/mol. The number of benzene rings is 1. The van der Waals surface area contributed by atoms with Gasteiger partial charge in [-0.1, -0.05) is 0 Å². The van der Waals surface area contributed by atoms with Crippen LogP contribution in [0.15, 0.2) is 24.3 Å². The normalized spacial score (nSPS) is 16.2. The van der Waals surface area contributed by atoms with Gasteiger partial charge in [0, 0.05) is 11.6 Å². The van der Waals surface area contributed by atoms with Crippen LogP contribution in [0.3, 0.4) is 0 Å². The van der Waals surface area contributed by atoms with E-state index in [0.29, 0.717) is 5.56 Å². The number of ketones is 1. The molecule has 1 amide bonds. The second-order valence-corrected chi connectivity index (χ2v) is 3.88. The number of carbonyl (C=O) groups is 2. The van der Waals surface area contributed by atoms with Crippen LogP contribution >= 0.6 is 0 Å². The zero-order valence-electron chi connectivity index (χ0n) is 9.67. The smallest absolute Gasteiger partial charge is 0.406 e. The molecule has 19 heavy (non-hydrogen) atoms. The molecule has 0 bridgehead atoms. The number of allylic oxidation sites excluding steroid dienone is 1. The monoisotopic (exact) mass is 271 g/mol. The molecule has 1 heterocycles. The van der Waals surface area contributed by atoms with E-state index in [-0.39, 0.29) is 17.0 Å². The second-order valence-electron chi connectivity index (χ2n) is 3.88. The van der Waals surface area contributed by atoms with Gasteiger partial charge in [-0.3, -0.25) is 9.59 Å². The molecule has 1 aromatic rings. The maximum Gasteiger partial charge on any atom is 0.573 e. The number of hydrogen-bond donors (Lipinski definition) is 1. The van der Waals surface area contributed by atoms with Gasteiger partial charge in [0.1, 0.15) is 5.75 Å². The highest BCUT2D eigenvalue weighted by molar-refractivity contribution is 6.34. The number of rotatable bonds is 2. The molecule has 0 aliphatic carbocycles. The Bertz CT molecular complexity index is 590. The highest BCUT2D eigenvalue weighted by atomic mass is 19.4. The summed E-state index contributed by atoms with van der Waals surface area (Å²) in [5, 5.41) is 2.37. The molecule has 0 saturated heterocycles. The first-order chi connectivity index (χ1) is 8.76. The summed E-state index contributed by atoms with van der Waals surface area (Å²) < 4.78 is 39.9. The van der Waals surface area contributed by atoms with Gasteiger partial charge in [0.15, 0.2) is 5.78 Å². The molecule has 1 aliphatic heterocycles. The van der Waals surface area contributed by atoms with Gasteiger partial charge in [-0.05, 0) is 25.1 Å². The Morgan fingerprint density at radius 3 is 2.63 bits per heavy atom. The van der Waals surface area contributed by atoms with Crippen molar-refractivity contribution in [2.45, 2.75) is 13.3 Å². The molecule has 0 unspecified atom stereocenters. The molecule has 0 aromatic heterocycles. The van der Waals surface area contributed by atoms with Crippen LogP contribution in [-0.4, -0.2) is 18.1 Å². The van der Waals surface area contributed by atoms with Crippen molar-refractivity contribution < 1.29 is 27.5 Å². The zero-order valence-corrected chi connectivity index (χ0v) is 9.67. The van der Waals surface area contributed by atoms with Gasteiger partial charge in [0.2, 0.25) is 0 Å². The quantitative estimate of drug-likeness (QED) is 0.841. The Labute approximate surface area is 105 Å². The Morgan fingerprint density at radius 1 is 1.37 bits per heavy atom. The van der Waals surface area contributed by atoms with E-state index in [0.717, 1.165) is 18.2 Å². The average molecular weight is 271 g/mol. The summed E-state index contributed by atoms with van der Waals surface area (Å²) in [5.41, 5.74) is 0.676. The molecule has 100 valence electrons. The number of hydrogen-bond acceptors (Lipinski definition) is 3. The SMILES string of the molecule is CC(=O)/C=C1/C(=O)Nc2cc(OC(F)(F)F)ccc21. The molecule has 4 nitrogen and oxygen atoms in total. The van der Waals surface area contributed by atoms with Crippen molar-refractivity contribution in [2.75, 3.05) is 5.32 Å². The summed E-state index contributed by atoms with van der Waals surface area (Å²) in [7, 11) is 0. The molecule has 1 aromatic carbocycles. The average Bonchev–Trinajstić information content (AvgIpc) is 2.51. The largest absolute Gasteiger partial charge is 0.573 e. The van der Waals surface area contributed by atoms with Crippen molar-refractivity contribution in [2.24, 2.45) is 0 Å². The highest BCUT2D eigenvalue weighted by Crippen LogP contribution is 2.35. The van der Waals surface area contributed by atoms with Crippen molar-refractivity contribution in [3.8, 4) is 5.75 Å². The van der Waals surface area contributed by atoms with Crippen LogP contribution in [0, 0.1) is 0 Å². The van der Waals surface area contributed by atoms with E-state index in [1.54, 1.807) is 0 Å². The molecule has 0 atom stereocenters. The molecule has 1 N–H and O–H groups in total. The predicted molar refractivity (Wildman–Crippen MR) is 60.4 cm³/mol. The first-order valence-electron chi connectivity index (χ1n) is 5.20. The van der Waals surface area contributed by atoms with Gasteiger partial charge in [-0.15, -0.1) is 13.2 Å². The maximum atomic E-state index is 12.1. The fourth-order valence-corrected chi connectivity index (χ4v) is 1.72. The summed E-state index contributed by atoms with van der Waals surface area (Å²) in [6, 6.07) is 3.44. The highest BCUT2D eigenvalue weighted by Gasteiger charge is 2.32. The number of anilines is 1. The molecule has 2 rings (SSSR count). The lowest BCUT2D eigenvalue weighted by molar-refractivity contribution is -0.274. The molecule has 0 spiro atoms. The minimum absolute atomic E-state index is 0.126. The van der Waals surface area contributed by atoms with Crippen LogP contribution in [0.5, 0.6) is 5.75 Å². The van der Waals surface area contributed by atoms with Gasteiger partial charge < -0.3 is 10.1 Å². The molecule has 0 saturated carbocycles. The maximum absolute atomic E-state index is 12.1. The van der Waals surface area contributed by atoms with Crippen molar-refractivity contribution in [3.63, 3.8) is 0 Å². The molecule has 0 radical (unpaired) electrons. The van der Waals surface area contributed by atoms with Crippen LogP contribution in [0.4, 0.5) is 18.9 Å². The fourth-order valence-electron chi connectivity index (χ4n) is 1.72. The summed E-state index contributed by atoms with van der Waals surface area (Å²) in [6.07, 6.45) is -3.67. The molecule has 7 heteroatoms. The van der Waals surface area contributed by atoms with E-state index in [9.17, 15) is 22.8 Å². The van der Waals surface area contributed by atoms with E-state index >= 15 is 0 Å².